The molecule has 2 atom stereocenters. The second kappa shape index (κ2) is 7.99. The minimum absolute atomic E-state index is 0.0392. The van der Waals surface area contributed by atoms with Crippen molar-refractivity contribution in [2.24, 2.45) is 0 Å². The Kier molecular flexibility index (Phi) is 5.15. The third-order valence-corrected chi connectivity index (χ3v) is 6.14. The number of aryl methyl sites for hydroxylation is 1. The summed E-state index contributed by atoms with van der Waals surface area (Å²) in [6, 6.07) is 3.27. The van der Waals surface area contributed by atoms with E-state index in [1.165, 1.54) is 6.20 Å². The van der Waals surface area contributed by atoms with Gasteiger partial charge in [-0.15, -0.1) is 0 Å². The van der Waals surface area contributed by atoms with Gasteiger partial charge < -0.3 is 20.3 Å². The Hall–Kier alpha value is -3.30. The average molecular weight is 438 g/mol. The Morgan fingerprint density at radius 2 is 2.12 bits per heavy atom. The maximum absolute atomic E-state index is 15.2. The van der Waals surface area contributed by atoms with Gasteiger partial charge in [-0.05, 0) is 42.8 Å². The SMILES string of the molecule is Cc1c(-c2cc3cc(NC(=O)O[C@@H]4CCOC4)ncc3c(N)c2F)cnc2c1[C@@H](O)CC2. The van der Waals surface area contributed by atoms with E-state index in [0.29, 0.717) is 48.8 Å². The van der Waals surface area contributed by atoms with Crippen LogP contribution in [0.25, 0.3) is 21.9 Å². The highest BCUT2D eigenvalue weighted by Crippen LogP contribution is 2.40. The van der Waals surface area contributed by atoms with Crippen LogP contribution in [0.5, 0.6) is 0 Å². The van der Waals surface area contributed by atoms with E-state index < -0.39 is 18.0 Å². The molecule has 4 N–H and O–H groups in total. The number of amides is 1. The summed E-state index contributed by atoms with van der Waals surface area (Å²) in [7, 11) is 0. The summed E-state index contributed by atoms with van der Waals surface area (Å²) in [5, 5.41) is 14.0. The molecule has 0 unspecified atom stereocenters. The minimum atomic E-state index is -0.629. The van der Waals surface area contributed by atoms with Gasteiger partial charge in [0.1, 0.15) is 11.9 Å². The number of pyridine rings is 2. The Morgan fingerprint density at radius 1 is 1.28 bits per heavy atom. The van der Waals surface area contributed by atoms with Gasteiger partial charge in [-0.25, -0.2) is 14.2 Å². The van der Waals surface area contributed by atoms with E-state index in [9.17, 15) is 9.90 Å². The molecule has 1 aliphatic carbocycles. The number of ether oxygens (including phenoxy) is 2. The van der Waals surface area contributed by atoms with Gasteiger partial charge in [-0.3, -0.25) is 10.3 Å². The number of carbonyl (C=O) groups is 1. The normalized spacial score (nSPS) is 19.8. The van der Waals surface area contributed by atoms with Crippen molar-refractivity contribution in [3.8, 4) is 11.1 Å². The molecule has 1 amide bonds. The number of aliphatic hydroxyl groups is 1. The number of nitrogens with two attached hydrogens (primary N) is 1. The summed E-state index contributed by atoms with van der Waals surface area (Å²) in [6.45, 7) is 2.79. The summed E-state index contributed by atoms with van der Waals surface area (Å²) in [5.41, 5.74) is 9.30. The minimum Gasteiger partial charge on any atom is -0.443 e. The maximum Gasteiger partial charge on any atom is 0.413 e. The third-order valence-electron chi connectivity index (χ3n) is 6.14. The van der Waals surface area contributed by atoms with Crippen LogP contribution in [-0.4, -0.2) is 40.5 Å². The number of aromatic nitrogens is 2. The molecule has 0 spiro atoms. The van der Waals surface area contributed by atoms with Crippen LogP contribution in [0.2, 0.25) is 0 Å². The molecule has 1 aliphatic heterocycles. The Labute approximate surface area is 183 Å². The number of fused-ring (bicyclic) bond motifs is 2. The number of carbonyl (C=O) groups excluding carboxylic acids is 1. The van der Waals surface area contributed by atoms with Gasteiger partial charge in [0, 0.05) is 46.6 Å². The Morgan fingerprint density at radius 3 is 2.91 bits per heavy atom. The van der Waals surface area contributed by atoms with Gasteiger partial charge in [0.05, 0.1) is 25.0 Å². The number of nitrogens with zero attached hydrogens (tertiary/aromatic N) is 2. The van der Waals surface area contributed by atoms with Crippen molar-refractivity contribution in [2.75, 3.05) is 24.3 Å². The number of halogens is 1. The number of anilines is 2. The molecule has 166 valence electrons. The van der Waals surface area contributed by atoms with Crippen molar-refractivity contribution < 1.29 is 23.8 Å². The predicted molar refractivity (Wildman–Crippen MR) is 117 cm³/mol. The van der Waals surface area contributed by atoms with Gasteiger partial charge >= 0.3 is 6.09 Å². The first-order valence-electron chi connectivity index (χ1n) is 10.5. The first kappa shape index (κ1) is 20.6. The van der Waals surface area contributed by atoms with Gasteiger partial charge in [-0.1, -0.05) is 0 Å². The Bertz CT molecular complexity index is 1230. The van der Waals surface area contributed by atoms with E-state index in [-0.39, 0.29) is 23.2 Å². The molecule has 2 aliphatic rings. The Balaban J connectivity index is 1.51. The average Bonchev–Trinajstić information content (AvgIpc) is 3.41. The van der Waals surface area contributed by atoms with Crippen LogP contribution in [0, 0.1) is 12.7 Å². The molecule has 1 fully saturated rings. The molecule has 1 aromatic carbocycles. The zero-order valence-corrected chi connectivity index (χ0v) is 17.5. The molecule has 3 aromatic rings. The highest BCUT2D eigenvalue weighted by molar-refractivity contribution is 5.99. The van der Waals surface area contributed by atoms with Gasteiger partial charge in [0.2, 0.25) is 0 Å². The summed E-state index contributed by atoms with van der Waals surface area (Å²) in [5.74, 6) is -0.310. The number of hydrogen-bond acceptors (Lipinski definition) is 7. The maximum atomic E-state index is 15.2. The van der Waals surface area contributed by atoms with Crippen LogP contribution >= 0.6 is 0 Å². The second-order valence-corrected chi connectivity index (χ2v) is 8.17. The predicted octanol–water partition coefficient (Wildman–Crippen LogP) is 3.64. The number of hydrogen-bond donors (Lipinski definition) is 3. The summed E-state index contributed by atoms with van der Waals surface area (Å²) in [4.78, 5) is 20.8. The van der Waals surface area contributed by atoms with Gasteiger partial charge in [0.25, 0.3) is 0 Å². The smallest absolute Gasteiger partial charge is 0.413 e. The van der Waals surface area contributed by atoms with E-state index >= 15 is 4.39 Å². The lowest BCUT2D eigenvalue weighted by atomic mass is 9.94. The fraction of sp³-hybridized carbons (Fsp3) is 0.348. The molecular formula is C23H23FN4O4. The highest BCUT2D eigenvalue weighted by atomic mass is 19.1. The lowest BCUT2D eigenvalue weighted by molar-refractivity contribution is 0.0931. The molecule has 2 aromatic heterocycles. The molecule has 0 radical (unpaired) electrons. The molecule has 1 saturated heterocycles. The summed E-state index contributed by atoms with van der Waals surface area (Å²) in [6.07, 6.45) is 3.49. The van der Waals surface area contributed by atoms with Gasteiger partial charge in [0.15, 0.2) is 5.82 Å². The van der Waals surface area contributed by atoms with Crippen molar-refractivity contribution in [3.63, 3.8) is 0 Å². The van der Waals surface area contributed by atoms with Crippen molar-refractivity contribution in [2.45, 2.75) is 38.4 Å². The van der Waals surface area contributed by atoms with Crippen molar-refractivity contribution >= 4 is 28.4 Å². The summed E-state index contributed by atoms with van der Waals surface area (Å²) < 4.78 is 25.7. The topological polar surface area (TPSA) is 120 Å². The third kappa shape index (κ3) is 3.53. The first-order chi connectivity index (χ1) is 15.4. The molecule has 3 heterocycles. The zero-order chi connectivity index (χ0) is 22.4. The van der Waals surface area contributed by atoms with E-state index in [1.807, 2.05) is 6.92 Å². The monoisotopic (exact) mass is 438 g/mol. The van der Waals surface area contributed by atoms with E-state index in [4.69, 9.17) is 15.2 Å². The molecule has 5 rings (SSSR count). The highest BCUT2D eigenvalue weighted by Gasteiger charge is 2.26. The second-order valence-electron chi connectivity index (χ2n) is 8.17. The molecular weight excluding hydrogens is 415 g/mol. The van der Waals surface area contributed by atoms with Crippen LogP contribution < -0.4 is 11.1 Å². The lowest BCUT2D eigenvalue weighted by Crippen LogP contribution is -2.22. The molecule has 8 nitrogen and oxygen atoms in total. The van der Waals surface area contributed by atoms with Crippen LogP contribution in [0.4, 0.5) is 20.7 Å². The number of aliphatic hydroxyl groups excluding tert-OH is 1. The molecule has 0 saturated carbocycles. The van der Waals surface area contributed by atoms with E-state index in [1.54, 1.807) is 18.3 Å². The lowest BCUT2D eigenvalue weighted by Gasteiger charge is -2.16. The van der Waals surface area contributed by atoms with Crippen LogP contribution in [0.15, 0.2) is 24.5 Å². The summed E-state index contributed by atoms with van der Waals surface area (Å²) >= 11 is 0. The van der Waals surface area contributed by atoms with Crippen molar-refractivity contribution in [1.29, 1.82) is 0 Å². The van der Waals surface area contributed by atoms with Crippen LogP contribution in [0.1, 0.15) is 35.8 Å². The zero-order valence-electron chi connectivity index (χ0n) is 17.5. The van der Waals surface area contributed by atoms with Crippen molar-refractivity contribution in [1.82, 2.24) is 9.97 Å². The van der Waals surface area contributed by atoms with Crippen molar-refractivity contribution in [3.05, 3.63) is 47.2 Å². The number of nitrogen functional groups attached to an aromatic ring is 1. The first-order valence-corrected chi connectivity index (χ1v) is 10.5. The quantitative estimate of drug-likeness (QED) is 0.534. The number of rotatable bonds is 3. The number of benzene rings is 1. The van der Waals surface area contributed by atoms with Crippen LogP contribution in [0.3, 0.4) is 0 Å². The largest absolute Gasteiger partial charge is 0.443 e. The fourth-order valence-electron chi connectivity index (χ4n) is 4.45. The molecule has 32 heavy (non-hydrogen) atoms. The van der Waals surface area contributed by atoms with E-state index in [0.717, 1.165) is 16.8 Å². The molecule has 9 heteroatoms. The van der Waals surface area contributed by atoms with Gasteiger partial charge in [-0.2, -0.15) is 0 Å². The molecule has 0 bridgehead atoms. The fourth-order valence-corrected chi connectivity index (χ4v) is 4.45. The van der Waals surface area contributed by atoms with Crippen LogP contribution in [-0.2, 0) is 15.9 Å². The van der Waals surface area contributed by atoms with E-state index in [2.05, 4.69) is 15.3 Å². The standard InChI is InChI=1S/C23H23FN4O4/c1-11-15(8-26-17-2-3-18(29)20(11)17)14-6-12-7-19(27-9-16(12)22(25)21(14)24)28-23(30)32-13-4-5-31-10-13/h6-9,13,18,29H,2-5,10,25H2,1H3,(H,27,28,30)/t13-,18+/m1/s1. The number of nitrogens with one attached hydrogen (secondary N) is 1.